The smallest absolute Gasteiger partial charge is 0.126 e. The second-order valence-electron chi connectivity index (χ2n) is 5.67. The van der Waals surface area contributed by atoms with E-state index in [1.807, 2.05) is 12.1 Å². The molecule has 0 fully saturated rings. The highest BCUT2D eigenvalue weighted by molar-refractivity contribution is 5.17. The molecule has 1 N–H and O–H groups in total. The molecule has 2 heteroatoms. The molecule has 1 aromatic rings. The highest BCUT2D eigenvalue weighted by atomic mass is 19.1. The summed E-state index contributed by atoms with van der Waals surface area (Å²) >= 11 is 0. The second kappa shape index (κ2) is 10.8. The Bertz CT molecular complexity index is 351. The van der Waals surface area contributed by atoms with Gasteiger partial charge in [0.25, 0.3) is 0 Å². The molecule has 0 aliphatic heterocycles. The molecule has 0 spiro atoms. The normalized spacial score (nSPS) is 12.6. The number of rotatable bonds is 11. The van der Waals surface area contributed by atoms with Gasteiger partial charge in [-0.1, -0.05) is 64.2 Å². The van der Waals surface area contributed by atoms with Gasteiger partial charge in [-0.15, -0.1) is 0 Å². The fraction of sp³-hybridized carbons (Fsp3) is 0.667. The molecule has 0 heterocycles. The fourth-order valence-electron chi connectivity index (χ4n) is 2.64. The van der Waals surface area contributed by atoms with Gasteiger partial charge in [-0.25, -0.2) is 4.39 Å². The molecule has 0 aliphatic rings. The summed E-state index contributed by atoms with van der Waals surface area (Å²) < 4.78 is 13.7. The first kappa shape index (κ1) is 17.2. The van der Waals surface area contributed by atoms with Crippen molar-refractivity contribution in [1.82, 2.24) is 5.32 Å². The molecule has 1 nitrogen and oxygen atoms in total. The molecular weight excluding hydrogens is 249 g/mol. The van der Waals surface area contributed by atoms with Crippen LogP contribution in [-0.2, 0) is 6.42 Å². The zero-order chi connectivity index (χ0) is 14.6. The first-order chi connectivity index (χ1) is 9.77. The minimum absolute atomic E-state index is 0.0556. The maximum absolute atomic E-state index is 13.7. The molecule has 0 aromatic heterocycles. The van der Waals surface area contributed by atoms with Crippen LogP contribution in [0.1, 0.15) is 57.9 Å². The van der Waals surface area contributed by atoms with E-state index in [1.54, 1.807) is 12.1 Å². The number of hydrogen-bond acceptors (Lipinski definition) is 1. The molecule has 0 saturated carbocycles. The molecule has 1 aromatic carbocycles. The van der Waals surface area contributed by atoms with Gasteiger partial charge < -0.3 is 5.32 Å². The van der Waals surface area contributed by atoms with Crippen molar-refractivity contribution in [3.63, 3.8) is 0 Å². The summed E-state index contributed by atoms with van der Waals surface area (Å²) in [6.45, 7) is 6.36. The largest absolute Gasteiger partial charge is 0.317 e. The zero-order valence-corrected chi connectivity index (χ0v) is 13.1. The summed E-state index contributed by atoms with van der Waals surface area (Å²) in [5.41, 5.74) is 0.865. The van der Waals surface area contributed by atoms with Crippen LogP contribution in [-0.4, -0.2) is 13.1 Å². The maximum atomic E-state index is 13.7. The number of halogens is 1. The lowest BCUT2D eigenvalue weighted by Gasteiger charge is -2.17. The summed E-state index contributed by atoms with van der Waals surface area (Å²) in [7, 11) is 0. The van der Waals surface area contributed by atoms with Crippen LogP contribution in [0.15, 0.2) is 24.3 Å². The van der Waals surface area contributed by atoms with Gasteiger partial charge in [0.15, 0.2) is 0 Å². The van der Waals surface area contributed by atoms with Crippen LogP contribution in [0.3, 0.4) is 0 Å². The lowest BCUT2D eigenvalue weighted by atomic mass is 9.93. The quantitative estimate of drug-likeness (QED) is 0.565. The van der Waals surface area contributed by atoms with E-state index in [9.17, 15) is 4.39 Å². The summed E-state index contributed by atoms with van der Waals surface area (Å²) in [5.74, 6) is 0.494. The Kier molecular flexibility index (Phi) is 9.31. The van der Waals surface area contributed by atoms with E-state index in [0.29, 0.717) is 5.92 Å². The van der Waals surface area contributed by atoms with E-state index in [4.69, 9.17) is 0 Å². The van der Waals surface area contributed by atoms with Crippen molar-refractivity contribution in [2.45, 2.75) is 58.8 Å². The minimum Gasteiger partial charge on any atom is -0.317 e. The Labute approximate surface area is 124 Å². The lowest BCUT2D eigenvalue weighted by Crippen LogP contribution is -2.24. The standard InChI is InChI=1S/C18H30FN/c1-3-5-6-7-8-11-16(15-20-4-2)14-17-12-9-10-13-18(17)19/h9-10,12-13,16,20H,3-8,11,14-15H2,1-2H3. The zero-order valence-electron chi connectivity index (χ0n) is 13.1. The summed E-state index contributed by atoms with van der Waals surface area (Å²) in [5, 5.41) is 3.42. The Morgan fingerprint density at radius 3 is 2.50 bits per heavy atom. The van der Waals surface area contributed by atoms with Crippen molar-refractivity contribution >= 4 is 0 Å². The number of benzene rings is 1. The maximum Gasteiger partial charge on any atom is 0.126 e. The molecule has 20 heavy (non-hydrogen) atoms. The van der Waals surface area contributed by atoms with Crippen LogP contribution in [0, 0.1) is 11.7 Å². The highest BCUT2D eigenvalue weighted by Gasteiger charge is 2.11. The van der Waals surface area contributed by atoms with E-state index in [2.05, 4.69) is 19.2 Å². The minimum atomic E-state index is -0.0556. The number of nitrogens with one attached hydrogen (secondary N) is 1. The van der Waals surface area contributed by atoms with E-state index in [0.717, 1.165) is 25.1 Å². The van der Waals surface area contributed by atoms with Crippen molar-refractivity contribution in [2.24, 2.45) is 5.92 Å². The predicted octanol–water partition coefficient (Wildman–Crippen LogP) is 4.95. The molecule has 0 aliphatic carbocycles. The SMILES string of the molecule is CCCCCCCC(CNCC)Cc1ccccc1F. The monoisotopic (exact) mass is 279 g/mol. The average molecular weight is 279 g/mol. The predicted molar refractivity (Wildman–Crippen MR) is 85.5 cm³/mol. The van der Waals surface area contributed by atoms with Gasteiger partial charge in [-0.05, 0) is 43.5 Å². The molecule has 1 rings (SSSR count). The Morgan fingerprint density at radius 1 is 1.05 bits per heavy atom. The van der Waals surface area contributed by atoms with E-state index >= 15 is 0 Å². The average Bonchev–Trinajstić information content (AvgIpc) is 2.46. The van der Waals surface area contributed by atoms with E-state index in [-0.39, 0.29) is 5.82 Å². The molecule has 0 bridgehead atoms. The topological polar surface area (TPSA) is 12.0 Å². The summed E-state index contributed by atoms with van der Waals surface area (Å²) in [4.78, 5) is 0. The molecule has 1 unspecified atom stereocenters. The van der Waals surface area contributed by atoms with Crippen molar-refractivity contribution < 1.29 is 4.39 Å². The lowest BCUT2D eigenvalue weighted by molar-refractivity contribution is 0.418. The Hall–Kier alpha value is -0.890. The van der Waals surface area contributed by atoms with Crippen LogP contribution in [0.25, 0.3) is 0 Å². The van der Waals surface area contributed by atoms with Gasteiger partial charge in [0.2, 0.25) is 0 Å². The Morgan fingerprint density at radius 2 is 1.80 bits per heavy atom. The molecule has 114 valence electrons. The van der Waals surface area contributed by atoms with E-state index in [1.165, 1.54) is 38.5 Å². The Balaban J connectivity index is 2.41. The third-order valence-electron chi connectivity index (χ3n) is 3.87. The van der Waals surface area contributed by atoms with Crippen molar-refractivity contribution in [3.8, 4) is 0 Å². The van der Waals surface area contributed by atoms with Gasteiger partial charge in [0.05, 0.1) is 0 Å². The summed E-state index contributed by atoms with van der Waals surface area (Å²) in [6.07, 6.45) is 8.60. The number of hydrogen-bond donors (Lipinski definition) is 1. The van der Waals surface area contributed by atoms with Crippen LogP contribution < -0.4 is 5.32 Å². The van der Waals surface area contributed by atoms with Crippen LogP contribution in [0.2, 0.25) is 0 Å². The second-order valence-corrected chi connectivity index (χ2v) is 5.67. The van der Waals surface area contributed by atoms with Crippen molar-refractivity contribution in [3.05, 3.63) is 35.6 Å². The molecule has 1 atom stereocenters. The van der Waals surface area contributed by atoms with Crippen molar-refractivity contribution in [1.29, 1.82) is 0 Å². The van der Waals surface area contributed by atoms with Gasteiger partial charge in [0, 0.05) is 0 Å². The molecular formula is C18H30FN. The molecule has 0 radical (unpaired) electrons. The van der Waals surface area contributed by atoms with Gasteiger partial charge in [0.1, 0.15) is 5.82 Å². The third kappa shape index (κ3) is 7.04. The van der Waals surface area contributed by atoms with Gasteiger partial charge >= 0.3 is 0 Å². The molecule has 0 amide bonds. The highest BCUT2D eigenvalue weighted by Crippen LogP contribution is 2.18. The molecule has 0 saturated heterocycles. The van der Waals surface area contributed by atoms with Crippen LogP contribution >= 0.6 is 0 Å². The first-order valence-electron chi connectivity index (χ1n) is 8.22. The van der Waals surface area contributed by atoms with E-state index < -0.39 is 0 Å². The third-order valence-corrected chi connectivity index (χ3v) is 3.87. The fourth-order valence-corrected chi connectivity index (χ4v) is 2.64. The summed E-state index contributed by atoms with van der Waals surface area (Å²) in [6, 6.07) is 7.19. The van der Waals surface area contributed by atoms with Crippen LogP contribution in [0.4, 0.5) is 4.39 Å². The van der Waals surface area contributed by atoms with Gasteiger partial charge in [-0.3, -0.25) is 0 Å². The van der Waals surface area contributed by atoms with Crippen LogP contribution in [0.5, 0.6) is 0 Å². The van der Waals surface area contributed by atoms with Gasteiger partial charge in [-0.2, -0.15) is 0 Å². The van der Waals surface area contributed by atoms with Crippen molar-refractivity contribution in [2.75, 3.05) is 13.1 Å². The number of unbranched alkanes of at least 4 members (excludes halogenated alkanes) is 4. The first-order valence-corrected chi connectivity index (χ1v) is 8.22.